The lowest BCUT2D eigenvalue weighted by Crippen LogP contribution is -2.42. The predicted molar refractivity (Wildman–Crippen MR) is 88.1 cm³/mol. The topological polar surface area (TPSA) is 63.2 Å². The van der Waals surface area contributed by atoms with E-state index in [1.54, 1.807) is 33.1 Å². The van der Waals surface area contributed by atoms with Crippen LogP contribution in [-0.4, -0.2) is 66.9 Å². The largest absolute Gasteiger partial charge is 0.500 e. The first-order chi connectivity index (χ1) is 10.7. The molecule has 130 valence electrons. The minimum Gasteiger partial charge on any atom is -0.463 e. The number of carbonyl (C=O) groups excluding carboxylic acids is 1. The van der Waals surface area contributed by atoms with E-state index in [0.717, 1.165) is 43.4 Å². The van der Waals surface area contributed by atoms with Crippen molar-refractivity contribution in [3.8, 4) is 0 Å². The zero-order valence-electron chi connectivity index (χ0n) is 13.8. The second-order valence-corrected chi connectivity index (χ2v) is 9.39. The van der Waals surface area contributed by atoms with Crippen LogP contribution in [0.1, 0.15) is 25.7 Å². The summed E-state index contributed by atoms with van der Waals surface area (Å²) in [6.07, 6.45) is 3.54. The maximum atomic E-state index is 11.6. The van der Waals surface area contributed by atoms with Gasteiger partial charge in [-0.25, -0.2) is 0 Å². The van der Waals surface area contributed by atoms with Gasteiger partial charge in [0.15, 0.2) is 0 Å². The van der Waals surface area contributed by atoms with Crippen molar-refractivity contribution in [3.05, 3.63) is 0 Å². The molecule has 1 aliphatic rings. The number of thioether (sulfide) groups is 1. The summed E-state index contributed by atoms with van der Waals surface area (Å²) in [5.41, 5.74) is 0. The Hall–Kier alpha value is -0.123. The third kappa shape index (κ3) is 7.43. The normalized spacial score (nSPS) is 18.6. The van der Waals surface area contributed by atoms with Crippen LogP contribution in [0, 0.1) is 0 Å². The fraction of sp³-hybridized carbons (Fsp3) is 0.929. The van der Waals surface area contributed by atoms with Crippen LogP contribution >= 0.6 is 11.8 Å². The van der Waals surface area contributed by atoms with E-state index < -0.39 is 8.80 Å². The summed E-state index contributed by atoms with van der Waals surface area (Å²) in [5, 5.41) is 0. The maximum Gasteiger partial charge on any atom is 0.500 e. The van der Waals surface area contributed by atoms with Gasteiger partial charge in [-0.05, 0) is 25.0 Å². The lowest BCUT2D eigenvalue weighted by Gasteiger charge is -2.24. The van der Waals surface area contributed by atoms with Crippen LogP contribution in [0.25, 0.3) is 0 Å². The molecule has 22 heavy (non-hydrogen) atoms. The van der Waals surface area contributed by atoms with E-state index in [0.29, 0.717) is 13.0 Å². The van der Waals surface area contributed by atoms with Gasteiger partial charge in [-0.2, -0.15) is 11.8 Å². The van der Waals surface area contributed by atoms with E-state index in [9.17, 15) is 4.79 Å². The lowest BCUT2D eigenvalue weighted by atomic mass is 10.2. The molecular formula is C14H28O6SSi. The number of hydrogen-bond donors (Lipinski definition) is 0. The molecule has 0 aromatic rings. The Bertz CT molecular complexity index is 299. The Morgan fingerprint density at radius 3 is 2.55 bits per heavy atom. The quantitative estimate of drug-likeness (QED) is 0.303. The van der Waals surface area contributed by atoms with Crippen molar-refractivity contribution < 1.29 is 27.5 Å². The van der Waals surface area contributed by atoms with Gasteiger partial charge in [0, 0.05) is 39.7 Å². The Labute approximate surface area is 138 Å². The molecule has 0 radical (unpaired) electrons. The van der Waals surface area contributed by atoms with Crippen LogP contribution < -0.4 is 0 Å². The molecule has 1 unspecified atom stereocenters. The van der Waals surface area contributed by atoms with Crippen molar-refractivity contribution in [2.24, 2.45) is 0 Å². The van der Waals surface area contributed by atoms with Gasteiger partial charge in [-0.3, -0.25) is 4.79 Å². The van der Waals surface area contributed by atoms with Crippen molar-refractivity contribution in [2.45, 2.75) is 37.8 Å². The van der Waals surface area contributed by atoms with Gasteiger partial charge in [0.1, 0.15) is 6.61 Å². The lowest BCUT2D eigenvalue weighted by molar-refractivity contribution is -0.146. The molecule has 1 rings (SSSR count). The molecular weight excluding hydrogens is 324 g/mol. The standard InChI is InChI=1S/C14H28O6SSi/c1-16-22(17-2,18-3)11-5-9-21-10-7-14(15)20-12-13-6-4-8-19-13/h13H,4-12H2,1-3H3. The molecule has 0 bridgehead atoms. The second kappa shape index (κ2) is 11.4. The first kappa shape index (κ1) is 19.9. The molecule has 1 saturated heterocycles. The number of rotatable bonds is 12. The molecule has 0 N–H and O–H groups in total. The third-order valence-electron chi connectivity index (χ3n) is 3.61. The summed E-state index contributed by atoms with van der Waals surface area (Å²) in [6, 6.07) is 0.785. The van der Waals surface area contributed by atoms with Crippen LogP contribution in [0.4, 0.5) is 0 Å². The first-order valence-electron chi connectivity index (χ1n) is 7.66. The summed E-state index contributed by atoms with van der Waals surface area (Å²) in [5.74, 6) is 1.58. The summed E-state index contributed by atoms with van der Waals surface area (Å²) in [6.45, 7) is 1.18. The number of esters is 1. The Kier molecular flexibility index (Phi) is 10.3. The molecule has 0 aliphatic carbocycles. The summed E-state index contributed by atoms with van der Waals surface area (Å²) < 4.78 is 26.7. The fourth-order valence-corrected chi connectivity index (χ4v) is 5.08. The molecule has 1 aliphatic heterocycles. The van der Waals surface area contributed by atoms with Gasteiger partial charge < -0.3 is 22.8 Å². The summed E-state index contributed by atoms with van der Waals surface area (Å²) in [7, 11) is 2.42. The van der Waals surface area contributed by atoms with Crippen LogP contribution in [-0.2, 0) is 27.5 Å². The van der Waals surface area contributed by atoms with E-state index in [-0.39, 0.29) is 12.1 Å². The fourth-order valence-electron chi connectivity index (χ4n) is 2.24. The van der Waals surface area contributed by atoms with E-state index in [4.69, 9.17) is 22.8 Å². The molecule has 0 amide bonds. The maximum absolute atomic E-state index is 11.6. The van der Waals surface area contributed by atoms with Crippen molar-refractivity contribution in [1.82, 2.24) is 0 Å². The molecule has 1 heterocycles. The number of hydrogen-bond acceptors (Lipinski definition) is 7. The second-order valence-electron chi connectivity index (χ2n) is 5.08. The zero-order chi connectivity index (χ0) is 16.3. The molecule has 0 spiro atoms. The minimum atomic E-state index is -2.45. The zero-order valence-corrected chi connectivity index (χ0v) is 15.6. The highest BCUT2D eigenvalue weighted by Crippen LogP contribution is 2.18. The van der Waals surface area contributed by atoms with E-state index in [2.05, 4.69) is 0 Å². The van der Waals surface area contributed by atoms with Crippen LogP contribution in [0.3, 0.4) is 0 Å². The van der Waals surface area contributed by atoms with E-state index in [1.807, 2.05) is 0 Å². The Balaban J connectivity index is 1.99. The molecule has 1 fully saturated rings. The molecule has 8 heteroatoms. The van der Waals surface area contributed by atoms with E-state index in [1.165, 1.54) is 0 Å². The van der Waals surface area contributed by atoms with Gasteiger partial charge in [0.25, 0.3) is 0 Å². The SMILES string of the molecule is CO[Si](CCCSCCC(=O)OCC1CCCO1)(OC)OC. The molecule has 6 nitrogen and oxygen atoms in total. The summed E-state index contributed by atoms with van der Waals surface area (Å²) >= 11 is 1.74. The average Bonchev–Trinajstić information content (AvgIpc) is 3.06. The monoisotopic (exact) mass is 352 g/mol. The van der Waals surface area contributed by atoms with Crippen LogP contribution in [0.2, 0.25) is 6.04 Å². The molecule has 0 saturated carbocycles. The minimum absolute atomic E-state index is 0.104. The molecule has 0 aromatic carbocycles. The van der Waals surface area contributed by atoms with Crippen LogP contribution in [0.5, 0.6) is 0 Å². The van der Waals surface area contributed by atoms with Gasteiger partial charge in [0.2, 0.25) is 0 Å². The first-order valence-corrected chi connectivity index (χ1v) is 10.7. The van der Waals surface area contributed by atoms with Gasteiger partial charge in [-0.1, -0.05) is 0 Å². The number of carbonyl (C=O) groups is 1. The van der Waals surface area contributed by atoms with Crippen molar-refractivity contribution in [1.29, 1.82) is 0 Å². The van der Waals surface area contributed by atoms with Crippen molar-refractivity contribution in [3.63, 3.8) is 0 Å². The predicted octanol–water partition coefficient (Wildman–Crippen LogP) is 2.10. The van der Waals surface area contributed by atoms with Gasteiger partial charge >= 0.3 is 14.8 Å². The molecule has 0 aromatic heterocycles. The van der Waals surface area contributed by atoms with Crippen molar-refractivity contribution >= 4 is 26.5 Å². The highest BCUT2D eigenvalue weighted by atomic mass is 32.2. The third-order valence-corrected chi connectivity index (χ3v) is 7.51. The smallest absolute Gasteiger partial charge is 0.463 e. The molecule has 1 atom stereocenters. The van der Waals surface area contributed by atoms with Crippen LogP contribution in [0.15, 0.2) is 0 Å². The Morgan fingerprint density at radius 2 is 1.95 bits per heavy atom. The van der Waals surface area contributed by atoms with E-state index >= 15 is 0 Å². The number of ether oxygens (including phenoxy) is 2. The van der Waals surface area contributed by atoms with Crippen molar-refractivity contribution in [2.75, 3.05) is 46.0 Å². The van der Waals surface area contributed by atoms with Gasteiger partial charge in [0.05, 0.1) is 12.5 Å². The average molecular weight is 353 g/mol. The summed E-state index contributed by atoms with van der Waals surface area (Å²) in [4.78, 5) is 11.6. The Morgan fingerprint density at radius 1 is 1.23 bits per heavy atom. The van der Waals surface area contributed by atoms with Gasteiger partial charge in [-0.15, -0.1) is 0 Å². The highest BCUT2D eigenvalue weighted by molar-refractivity contribution is 7.99. The highest BCUT2D eigenvalue weighted by Gasteiger charge is 2.36.